The first-order chi connectivity index (χ1) is 7.79. The Balaban J connectivity index is 1.96. The predicted molar refractivity (Wildman–Crippen MR) is 72.1 cm³/mol. The second-order valence-electron chi connectivity index (χ2n) is 4.22. The molecule has 2 unspecified atom stereocenters. The Bertz CT molecular complexity index is 323. The van der Waals surface area contributed by atoms with Gasteiger partial charge in [0.1, 0.15) is 0 Å². The predicted octanol–water partition coefficient (Wildman–Crippen LogP) is 3.07. The van der Waals surface area contributed by atoms with Crippen molar-refractivity contribution in [2.24, 2.45) is 5.92 Å². The van der Waals surface area contributed by atoms with Crippen molar-refractivity contribution < 1.29 is 4.74 Å². The third-order valence-electron chi connectivity index (χ3n) is 3.04. The lowest BCUT2D eigenvalue weighted by molar-refractivity contribution is 0.176. The van der Waals surface area contributed by atoms with E-state index in [-0.39, 0.29) is 0 Å². The maximum Gasteiger partial charge on any atom is 0.0510 e. The van der Waals surface area contributed by atoms with Gasteiger partial charge in [0.15, 0.2) is 0 Å². The zero-order chi connectivity index (χ0) is 11.4. The molecule has 1 N–H and O–H groups in total. The third kappa shape index (κ3) is 3.29. The highest BCUT2D eigenvalue weighted by molar-refractivity contribution is 9.10. The van der Waals surface area contributed by atoms with Crippen molar-refractivity contribution in [1.29, 1.82) is 0 Å². The topological polar surface area (TPSA) is 21.3 Å². The Hall–Kier alpha value is 0.1000. The van der Waals surface area contributed by atoms with Crippen molar-refractivity contribution in [1.82, 2.24) is 5.32 Å². The zero-order valence-corrected chi connectivity index (χ0v) is 11.9. The second-order valence-corrected chi connectivity index (χ2v) is 6.13. The minimum atomic E-state index is 0.568. The molecule has 0 bridgehead atoms. The molecule has 1 aliphatic heterocycles. The largest absolute Gasteiger partial charge is 0.381 e. The fraction of sp³-hybridized carbons (Fsp3) is 0.667. The Morgan fingerprint density at radius 3 is 3.12 bits per heavy atom. The lowest BCUT2D eigenvalue weighted by Gasteiger charge is -2.22. The van der Waals surface area contributed by atoms with Crippen molar-refractivity contribution in [3.8, 4) is 0 Å². The van der Waals surface area contributed by atoms with E-state index in [1.165, 1.54) is 15.8 Å². The molecule has 2 rings (SSSR count). The van der Waals surface area contributed by atoms with Gasteiger partial charge in [0, 0.05) is 33.3 Å². The van der Waals surface area contributed by atoms with Crippen LogP contribution in [0.5, 0.6) is 0 Å². The highest BCUT2D eigenvalue weighted by atomic mass is 79.9. The number of ether oxygens (including phenoxy) is 1. The lowest BCUT2D eigenvalue weighted by atomic mass is 9.95. The SMILES string of the molecule is CCNC(Cc1cc(Br)cs1)C1CCOC1. The van der Waals surface area contributed by atoms with Gasteiger partial charge in [-0.25, -0.2) is 0 Å². The number of hydrogen-bond donors (Lipinski definition) is 1. The van der Waals surface area contributed by atoms with Gasteiger partial charge < -0.3 is 10.1 Å². The summed E-state index contributed by atoms with van der Waals surface area (Å²) in [5.74, 6) is 0.681. The fourth-order valence-corrected chi connectivity index (χ4v) is 3.73. The van der Waals surface area contributed by atoms with Crippen LogP contribution in [0.4, 0.5) is 0 Å². The van der Waals surface area contributed by atoms with Crippen LogP contribution in [0, 0.1) is 5.92 Å². The molecule has 2 heterocycles. The van der Waals surface area contributed by atoms with Crippen LogP contribution >= 0.6 is 27.3 Å². The Morgan fingerprint density at radius 1 is 1.69 bits per heavy atom. The summed E-state index contributed by atoms with van der Waals surface area (Å²) in [5.41, 5.74) is 0. The molecule has 0 aromatic carbocycles. The third-order valence-corrected chi connectivity index (χ3v) is 4.76. The zero-order valence-electron chi connectivity index (χ0n) is 9.54. The van der Waals surface area contributed by atoms with E-state index in [1.807, 2.05) is 11.3 Å². The molecule has 1 fully saturated rings. The standard InChI is InChI=1S/C12H18BrNOS/c1-2-14-12(9-3-4-15-7-9)6-11-5-10(13)8-16-11/h5,8-9,12,14H,2-4,6-7H2,1H3. The molecule has 0 saturated carbocycles. The first-order valence-corrected chi connectivity index (χ1v) is 7.51. The van der Waals surface area contributed by atoms with Gasteiger partial charge >= 0.3 is 0 Å². The van der Waals surface area contributed by atoms with E-state index in [4.69, 9.17) is 4.74 Å². The van der Waals surface area contributed by atoms with Crippen LogP contribution in [0.3, 0.4) is 0 Å². The molecule has 2 atom stereocenters. The van der Waals surface area contributed by atoms with Crippen LogP contribution in [-0.2, 0) is 11.2 Å². The molecule has 0 radical (unpaired) electrons. The van der Waals surface area contributed by atoms with E-state index in [0.717, 1.165) is 26.2 Å². The van der Waals surface area contributed by atoms with Crippen molar-refractivity contribution >= 4 is 27.3 Å². The van der Waals surface area contributed by atoms with E-state index in [2.05, 4.69) is 39.6 Å². The fourth-order valence-electron chi connectivity index (χ4n) is 2.22. The summed E-state index contributed by atoms with van der Waals surface area (Å²) in [5, 5.41) is 5.75. The van der Waals surface area contributed by atoms with Gasteiger partial charge in [-0.1, -0.05) is 6.92 Å². The number of nitrogens with one attached hydrogen (secondary N) is 1. The van der Waals surface area contributed by atoms with E-state index in [0.29, 0.717) is 12.0 Å². The Kier molecular flexibility index (Phi) is 4.82. The molecule has 4 heteroatoms. The van der Waals surface area contributed by atoms with E-state index < -0.39 is 0 Å². The molecular weight excluding hydrogens is 286 g/mol. The molecule has 1 aromatic heterocycles. The number of rotatable bonds is 5. The molecule has 1 aromatic rings. The van der Waals surface area contributed by atoms with Gasteiger partial charge in [-0.3, -0.25) is 0 Å². The first kappa shape index (κ1) is 12.6. The van der Waals surface area contributed by atoms with Crippen molar-refractivity contribution in [3.05, 3.63) is 20.8 Å². The smallest absolute Gasteiger partial charge is 0.0510 e. The summed E-state index contributed by atoms with van der Waals surface area (Å²) in [6, 6.07) is 2.79. The van der Waals surface area contributed by atoms with Gasteiger partial charge in [-0.2, -0.15) is 0 Å². The molecule has 0 amide bonds. The van der Waals surface area contributed by atoms with Crippen molar-refractivity contribution in [2.75, 3.05) is 19.8 Å². The van der Waals surface area contributed by atoms with E-state index in [1.54, 1.807) is 0 Å². The summed E-state index contributed by atoms with van der Waals surface area (Å²) < 4.78 is 6.68. The quantitative estimate of drug-likeness (QED) is 0.902. The highest BCUT2D eigenvalue weighted by Gasteiger charge is 2.25. The van der Waals surface area contributed by atoms with Crippen LogP contribution in [0.15, 0.2) is 15.9 Å². The minimum Gasteiger partial charge on any atom is -0.381 e. The van der Waals surface area contributed by atoms with Gasteiger partial charge in [0.05, 0.1) is 6.61 Å². The number of likely N-dealkylation sites (N-methyl/N-ethyl adjacent to an activating group) is 1. The number of hydrogen-bond acceptors (Lipinski definition) is 3. The molecule has 16 heavy (non-hydrogen) atoms. The van der Waals surface area contributed by atoms with Gasteiger partial charge in [0.25, 0.3) is 0 Å². The highest BCUT2D eigenvalue weighted by Crippen LogP contribution is 2.25. The Labute approximate surface area is 110 Å². The van der Waals surface area contributed by atoms with Crippen molar-refractivity contribution in [2.45, 2.75) is 25.8 Å². The van der Waals surface area contributed by atoms with Gasteiger partial charge in [-0.15, -0.1) is 11.3 Å². The molecule has 1 saturated heterocycles. The molecule has 2 nitrogen and oxygen atoms in total. The van der Waals surface area contributed by atoms with Gasteiger partial charge in [0.2, 0.25) is 0 Å². The maximum absolute atomic E-state index is 5.48. The summed E-state index contributed by atoms with van der Waals surface area (Å²) >= 11 is 5.34. The van der Waals surface area contributed by atoms with Crippen LogP contribution in [0.2, 0.25) is 0 Å². The monoisotopic (exact) mass is 303 g/mol. The van der Waals surface area contributed by atoms with Crippen LogP contribution in [0.25, 0.3) is 0 Å². The number of halogens is 1. The summed E-state index contributed by atoms with van der Waals surface area (Å²) in [6.07, 6.45) is 2.32. The van der Waals surface area contributed by atoms with Gasteiger partial charge in [-0.05, 0) is 41.4 Å². The summed E-state index contributed by atoms with van der Waals surface area (Å²) in [7, 11) is 0. The van der Waals surface area contributed by atoms with Crippen LogP contribution in [-0.4, -0.2) is 25.8 Å². The molecular formula is C12H18BrNOS. The Morgan fingerprint density at radius 2 is 2.56 bits per heavy atom. The molecule has 90 valence electrons. The normalized spacial score (nSPS) is 22.5. The minimum absolute atomic E-state index is 0.568. The average molecular weight is 304 g/mol. The van der Waals surface area contributed by atoms with Crippen LogP contribution < -0.4 is 5.32 Å². The lowest BCUT2D eigenvalue weighted by Crippen LogP contribution is -2.38. The number of thiophene rings is 1. The van der Waals surface area contributed by atoms with Crippen molar-refractivity contribution in [3.63, 3.8) is 0 Å². The molecule has 0 spiro atoms. The van der Waals surface area contributed by atoms with Crippen LogP contribution in [0.1, 0.15) is 18.2 Å². The summed E-state index contributed by atoms with van der Waals surface area (Å²) in [4.78, 5) is 1.45. The second kappa shape index (κ2) is 6.15. The van der Waals surface area contributed by atoms with E-state index in [9.17, 15) is 0 Å². The molecule has 0 aliphatic carbocycles. The average Bonchev–Trinajstić information content (AvgIpc) is 2.88. The summed E-state index contributed by atoms with van der Waals surface area (Å²) in [6.45, 7) is 5.06. The van der Waals surface area contributed by atoms with E-state index >= 15 is 0 Å². The maximum atomic E-state index is 5.48. The molecule has 1 aliphatic rings. The first-order valence-electron chi connectivity index (χ1n) is 5.83.